The van der Waals surface area contributed by atoms with Gasteiger partial charge in [-0.2, -0.15) is 0 Å². The van der Waals surface area contributed by atoms with Gasteiger partial charge in [-0.3, -0.25) is 0 Å². The molecule has 0 amide bonds. The van der Waals surface area contributed by atoms with Gasteiger partial charge >= 0.3 is 0 Å². The van der Waals surface area contributed by atoms with Crippen molar-refractivity contribution in [2.45, 2.75) is 38.8 Å². The Morgan fingerprint density at radius 2 is 1.76 bits per heavy atom. The molecule has 96 valence electrons. The van der Waals surface area contributed by atoms with E-state index in [2.05, 4.69) is 5.32 Å². The van der Waals surface area contributed by atoms with E-state index < -0.39 is 5.60 Å². The van der Waals surface area contributed by atoms with E-state index in [4.69, 9.17) is 4.74 Å². The summed E-state index contributed by atoms with van der Waals surface area (Å²) in [5.41, 5.74) is 0.519. The SMILES string of the molecule is CCC(O)(CC)COc1ccc(CNC)cc1. The third-order valence-electron chi connectivity index (χ3n) is 3.13. The average Bonchev–Trinajstić information content (AvgIpc) is 2.38. The van der Waals surface area contributed by atoms with E-state index in [0.29, 0.717) is 19.4 Å². The van der Waals surface area contributed by atoms with Crippen molar-refractivity contribution in [1.29, 1.82) is 0 Å². The Hall–Kier alpha value is -1.06. The van der Waals surface area contributed by atoms with E-state index in [1.165, 1.54) is 5.56 Å². The van der Waals surface area contributed by atoms with Crippen LogP contribution >= 0.6 is 0 Å². The molecular weight excluding hydrogens is 214 g/mol. The van der Waals surface area contributed by atoms with Gasteiger partial charge in [-0.1, -0.05) is 26.0 Å². The summed E-state index contributed by atoms with van der Waals surface area (Å²) in [5.74, 6) is 0.810. The number of aliphatic hydroxyl groups is 1. The summed E-state index contributed by atoms with van der Waals surface area (Å²) in [6.07, 6.45) is 1.42. The maximum atomic E-state index is 10.1. The number of hydrogen-bond acceptors (Lipinski definition) is 3. The zero-order valence-corrected chi connectivity index (χ0v) is 11.0. The van der Waals surface area contributed by atoms with Gasteiger partial charge in [0.2, 0.25) is 0 Å². The smallest absolute Gasteiger partial charge is 0.119 e. The fourth-order valence-electron chi connectivity index (χ4n) is 1.58. The Kier molecular flexibility index (Phi) is 5.45. The standard InChI is InChI=1S/C14H23NO2/c1-4-14(16,5-2)11-17-13-8-6-12(7-9-13)10-15-3/h6-9,15-16H,4-5,10-11H2,1-3H3. The molecule has 1 rings (SSSR count). The zero-order chi connectivity index (χ0) is 12.7. The number of rotatable bonds is 7. The Morgan fingerprint density at radius 1 is 1.18 bits per heavy atom. The maximum Gasteiger partial charge on any atom is 0.119 e. The normalized spacial score (nSPS) is 11.5. The maximum absolute atomic E-state index is 10.1. The van der Waals surface area contributed by atoms with Crippen molar-refractivity contribution >= 4 is 0 Å². The van der Waals surface area contributed by atoms with Gasteiger partial charge in [0.25, 0.3) is 0 Å². The third-order valence-corrected chi connectivity index (χ3v) is 3.13. The molecule has 3 heteroatoms. The highest BCUT2D eigenvalue weighted by Gasteiger charge is 2.22. The highest BCUT2D eigenvalue weighted by Crippen LogP contribution is 2.18. The first-order chi connectivity index (χ1) is 8.13. The number of benzene rings is 1. The summed E-state index contributed by atoms with van der Waals surface area (Å²) in [6, 6.07) is 7.95. The van der Waals surface area contributed by atoms with Crippen LogP contribution < -0.4 is 10.1 Å². The molecular formula is C14H23NO2. The summed E-state index contributed by atoms with van der Waals surface area (Å²) in [6.45, 7) is 5.16. The van der Waals surface area contributed by atoms with E-state index in [1.807, 2.05) is 45.2 Å². The second-order valence-electron chi connectivity index (χ2n) is 4.39. The lowest BCUT2D eigenvalue weighted by Crippen LogP contribution is -2.34. The van der Waals surface area contributed by atoms with E-state index in [1.54, 1.807) is 0 Å². The van der Waals surface area contributed by atoms with Gasteiger partial charge in [0.05, 0.1) is 5.60 Å². The van der Waals surface area contributed by atoms with Crippen molar-refractivity contribution < 1.29 is 9.84 Å². The first kappa shape index (κ1) is 14.0. The molecule has 0 aliphatic heterocycles. The average molecular weight is 237 g/mol. The lowest BCUT2D eigenvalue weighted by Gasteiger charge is -2.25. The summed E-state index contributed by atoms with van der Waals surface area (Å²) in [4.78, 5) is 0. The third kappa shape index (κ3) is 4.36. The van der Waals surface area contributed by atoms with Gasteiger partial charge in [-0.05, 0) is 37.6 Å². The predicted octanol–water partition coefficient (Wildman–Crippen LogP) is 2.34. The Bertz CT molecular complexity index is 317. The molecule has 1 aromatic carbocycles. The second kappa shape index (κ2) is 6.62. The molecule has 1 aromatic rings. The van der Waals surface area contributed by atoms with Crippen molar-refractivity contribution in [3.8, 4) is 5.75 Å². The Labute approximate surface area is 104 Å². The molecule has 0 fully saturated rings. The van der Waals surface area contributed by atoms with E-state index in [9.17, 15) is 5.11 Å². The lowest BCUT2D eigenvalue weighted by atomic mass is 9.99. The molecule has 0 atom stereocenters. The lowest BCUT2D eigenvalue weighted by molar-refractivity contribution is -0.0113. The highest BCUT2D eigenvalue weighted by atomic mass is 16.5. The molecule has 0 heterocycles. The summed E-state index contributed by atoms with van der Waals surface area (Å²) in [5, 5.41) is 13.2. The molecule has 0 saturated heterocycles. The van der Waals surface area contributed by atoms with Crippen molar-refractivity contribution in [3.05, 3.63) is 29.8 Å². The minimum absolute atomic E-state index is 0.353. The zero-order valence-electron chi connectivity index (χ0n) is 11.0. The Balaban J connectivity index is 2.52. The molecule has 17 heavy (non-hydrogen) atoms. The van der Waals surface area contributed by atoms with Crippen LogP contribution in [0.5, 0.6) is 5.75 Å². The van der Waals surface area contributed by atoms with E-state index in [0.717, 1.165) is 12.3 Å². The minimum atomic E-state index is -0.705. The predicted molar refractivity (Wildman–Crippen MR) is 70.2 cm³/mol. The quantitative estimate of drug-likeness (QED) is 0.765. The van der Waals surface area contributed by atoms with Crippen molar-refractivity contribution in [2.75, 3.05) is 13.7 Å². The highest BCUT2D eigenvalue weighted by molar-refractivity contribution is 5.27. The van der Waals surface area contributed by atoms with Crippen LogP contribution in [0, 0.1) is 0 Å². The first-order valence-electron chi connectivity index (χ1n) is 6.22. The monoisotopic (exact) mass is 237 g/mol. The molecule has 0 unspecified atom stereocenters. The minimum Gasteiger partial charge on any atom is -0.491 e. The molecule has 0 bridgehead atoms. The van der Waals surface area contributed by atoms with Crippen LogP contribution in [0.3, 0.4) is 0 Å². The van der Waals surface area contributed by atoms with Gasteiger partial charge in [-0.25, -0.2) is 0 Å². The summed E-state index contributed by atoms with van der Waals surface area (Å²) >= 11 is 0. The van der Waals surface area contributed by atoms with Gasteiger partial charge in [0, 0.05) is 6.54 Å². The second-order valence-corrected chi connectivity index (χ2v) is 4.39. The fraction of sp³-hybridized carbons (Fsp3) is 0.571. The van der Waals surface area contributed by atoms with Gasteiger partial charge in [0.15, 0.2) is 0 Å². The van der Waals surface area contributed by atoms with Crippen molar-refractivity contribution in [1.82, 2.24) is 5.32 Å². The van der Waals surface area contributed by atoms with Crippen LogP contribution in [0.2, 0.25) is 0 Å². The largest absolute Gasteiger partial charge is 0.491 e. The van der Waals surface area contributed by atoms with E-state index >= 15 is 0 Å². The van der Waals surface area contributed by atoms with Crippen LogP contribution in [-0.2, 0) is 6.54 Å². The topological polar surface area (TPSA) is 41.5 Å². The van der Waals surface area contributed by atoms with Crippen molar-refractivity contribution in [2.24, 2.45) is 0 Å². The van der Waals surface area contributed by atoms with Crippen LogP contribution in [-0.4, -0.2) is 24.4 Å². The molecule has 3 nitrogen and oxygen atoms in total. The molecule has 0 saturated carbocycles. The number of hydrogen-bond donors (Lipinski definition) is 2. The van der Waals surface area contributed by atoms with Gasteiger partial charge in [0.1, 0.15) is 12.4 Å². The molecule has 0 spiro atoms. The number of ether oxygens (including phenoxy) is 1. The molecule has 0 aliphatic carbocycles. The molecule has 2 N–H and O–H groups in total. The van der Waals surface area contributed by atoms with Crippen LogP contribution in [0.1, 0.15) is 32.3 Å². The Morgan fingerprint density at radius 3 is 2.24 bits per heavy atom. The molecule has 0 radical (unpaired) electrons. The molecule has 0 aromatic heterocycles. The first-order valence-corrected chi connectivity index (χ1v) is 6.22. The fourth-order valence-corrected chi connectivity index (χ4v) is 1.58. The summed E-state index contributed by atoms with van der Waals surface area (Å²) in [7, 11) is 1.92. The number of nitrogens with one attached hydrogen (secondary N) is 1. The van der Waals surface area contributed by atoms with E-state index in [-0.39, 0.29) is 0 Å². The van der Waals surface area contributed by atoms with Crippen LogP contribution in [0.25, 0.3) is 0 Å². The van der Waals surface area contributed by atoms with Crippen LogP contribution in [0.15, 0.2) is 24.3 Å². The van der Waals surface area contributed by atoms with Crippen molar-refractivity contribution in [3.63, 3.8) is 0 Å². The van der Waals surface area contributed by atoms with Crippen LogP contribution in [0.4, 0.5) is 0 Å². The van der Waals surface area contributed by atoms with Gasteiger partial charge in [-0.15, -0.1) is 0 Å². The molecule has 0 aliphatic rings. The van der Waals surface area contributed by atoms with Gasteiger partial charge < -0.3 is 15.2 Å². The summed E-state index contributed by atoms with van der Waals surface area (Å²) < 4.78 is 5.62.